The number of amides is 3. The highest BCUT2D eigenvalue weighted by Crippen LogP contribution is 2.23. The summed E-state index contributed by atoms with van der Waals surface area (Å²) in [4.78, 5) is 41.0. The topological polar surface area (TPSA) is 97.4 Å². The Kier molecular flexibility index (Phi) is 7.98. The number of nitrogens with one attached hydrogen (secondary N) is 1. The third-order valence-corrected chi connectivity index (χ3v) is 5.82. The molecule has 1 atom stereocenters. The molecule has 34 heavy (non-hydrogen) atoms. The number of carbonyl (C=O) groups excluding carboxylic acids is 3. The predicted molar refractivity (Wildman–Crippen MR) is 124 cm³/mol. The molecule has 0 saturated carbocycles. The second-order valence-corrected chi connectivity index (χ2v) is 8.19. The zero-order valence-corrected chi connectivity index (χ0v) is 19.0. The largest absolute Gasteiger partial charge is 0.484 e. The van der Waals surface area contributed by atoms with Crippen LogP contribution in [-0.2, 0) is 25.7 Å². The lowest BCUT2D eigenvalue weighted by atomic mass is 10.2. The first-order valence-corrected chi connectivity index (χ1v) is 11.5. The molecule has 0 radical (unpaired) electrons. The molecule has 2 saturated heterocycles. The maximum atomic E-state index is 12.9. The molecule has 9 nitrogen and oxygen atoms in total. The molecule has 2 fully saturated rings. The number of anilines is 1. The average molecular weight is 468 g/mol. The molecule has 180 valence electrons. The standard InChI is InChI=1S/C25H29N3O6/c29-23(27-12-14-32-15-13-27)18-33-21-9-4-8-20(16-21)26-24(30)22-10-5-11-28(22)25(31)34-17-19-6-2-1-3-7-19/h1-4,6-9,16,22H,5,10-15,17-18H2,(H,26,30)/t22-/m0/s1. The van der Waals surface area contributed by atoms with Gasteiger partial charge in [0.05, 0.1) is 13.2 Å². The fourth-order valence-electron chi connectivity index (χ4n) is 4.00. The molecule has 0 unspecified atom stereocenters. The number of nitrogens with zero attached hydrogens (tertiary/aromatic N) is 2. The Balaban J connectivity index is 1.29. The molecule has 3 amide bonds. The van der Waals surface area contributed by atoms with E-state index in [0.717, 1.165) is 12.0 Å². The van der Waals surface area contributed by atoms with Crippen LogP contribution in [0.15, 0.2) is 54.6 Å². The van der Waals surface area contributed by atoms with Gasteiger partial charge in [0.2, 0.25) is 5.91 Å². The molecule has 4 rings (SSSR count). The number of hydrogen-bond donors (Lipinski definition) is 1. The highest BCUT2D eigenvalue weighted by molar-refractivity contribution is 5.97. The number of carbonyl (C=O) groups is 3. The first-order valence-electron chi connectivity index (χ1n) is 11.5. The maximum Gasteiger partial charge on any atom is 0.410 e. The summed E-state index contributed by atoms with van der Waals surface area (Å²) in [5.41, 5.74) is 1.42. The summed E-state index contributed by atoms with van der Waals surface area (Å²) in [6.07, 6.45) is 0.794. The van der Waals surface area contributed by atoms with Gasteiger partial charge in [-0.1, -0.05) is 36.4 Å². The number of benzene rings is 2. The number of rotatable bonds is 7. The quantitative estimate of drug-likeness (QED) is 0.673. The van der Waals surface area contributed by atoms with Gasteiger partial charge in [-0.05, 0) is 30.5 Å². The van der Waals surface area contributed by atoms with Gasteiger partial charge in [-0.3, -0.25) is 14.5 Å². The van der Waals surface area contributed by atoms with Crippen LogP contribution in [0, 0.1) is 0 Å². The van der Waals surface area contributed by atoms with E-state index in [-0.39, 0.29) is 25.0 Å². The SMILES string of the molecule is O=C(Nc1cccc(OCC(=O)N2CCOCC2)c1)[C@@H]1CCCN1C(=O)OCc1ccccc1. The van der Waals surface area contributed by atoms with Gasteiger partial charge in [0.1, 0.15) is 18.4 Å². The molecule has 2 aliphatic heterocycles. The van der Waals surface area contributed by atoms with Crippen LogP contribution in [0.1, 0.15) is 18.4 Å². The van der Waals surface area contributed by atoms with E-state index in [2.05, 4.69) is 5.32 Å². The molecule has 2 aromatic rings. The van der Waals surface area contributed by atoms with Crippen LogP contribution in [0.5, 0.6) is 5.75 Å². The molecular formula is C25H29N3O6. The van der Waals surface area contributed by atoms with Crippen molar-refractivity contribution >= 4 is 23.6 Å². The number of morpholine rings is 1. The van der Waals surface area contributed by atoms with Crippen molar-refractivity contribution in [2.24, 2.45) is 0 Å². The number of hydrogen-bond acceptors (Lipinski definition) is 6. The summed E-state index contributed by atoms with van der Waals surface area (Å²) in [6, 6.07) is 15.7. The van der Waals surface area contributed by atoms with Gasteiger partial charge < -0.3 is 24.4 Å². The van der Waals surface area contributed by atoms with Crippen LogP contribution < -0.4 is 10.1 Å². The summed E-state index contributed by atoms with van der Waals surface area (Å²) >= 11 is 0. The van der Waals surface area contributed by atoms with Gasteiger partial charge in [0.25, 0.3) is 5.91 Å². The molecule has 2 aliphatic rings. The summed E-state index contributed by atoms with van der Waals surface area (Å²) in [5, 5.41) is 2.85. The van der Waals surface area contributed by atoms with Gasteiger partial charge >= 0.3 is 6.09 Å². The average Bonchev–Trinajstić information content (AvgIpc) is 3.38. The van der Waals surface area contributed by atoms with Gasteiger partial charge in [0.15, 0.2) is 6.61 Å². The Morgan fingerprint density at radius 3 is 2.59 bits per heavy atom. The first kappa shape index (κ1) is 23.6. The van der Waals surface area contributed by atoms with E-state index >= 15 is 0 Å². The van der Waals surface area contributed by atoms with E-state index in [1.165, 1.54) is 4.90 Å². The van der Waals surface area contributed by atoms with Gasteiger partial charge in [-0.2, -0.15) is 0 Å². The minimum Gasteiger partial charge on any atom is -0.484 e. The van der Waals surface area contributed by atoms with Crippen LogP contribution in [-0.4, -0.2) is 73.2 Å². The lowest BCUT2D eigenvalue weighted by molar-refractivity contribution is -0.137. The smallest absolute Gasteiger partial charge is 0.410 e. The lowest BCUT2D eigenvalue weighted by Gasteiger charge is -2.26. The molecule has 0 aromatic heterocycles. The molecule has 1 N–H and O–H groups in total. The van der Waals surface area contributed by atoms with Crippen LogP contribution in [0.4, 0.5) is 10.5 Å². The van der Waals surface area contributed by atoms with Crippen LogP contribution in [0.25, 0.3) is 0 Å². The molecule has 9 heteroatoms. The molecule has 0 bridgehead atoms. The van der Waals surface area contributed by atoms with E-state index < -0.39 is 12.1 Å². The fourth-order valence-corrected chi connectivity index (χ4v) is 4.00. The Morgan fingerprint density at radius 2 is 1.79 bits per heavy atom. The molecular weight excluding hydrogens is 438 g/mol. The third kappa shape index (κ3) is 6.26. The second kappa shape index (κ2) is 11.5. The van der Waals surface area contributed by atoms with Crippen LogP contribution in [0.3, 0.4) is 0 Å². The Hall–Kier alpha value is -3.59. The van der Waals surface area contributed by atoms with E-state index in [1.807, 2.05) is 30.3 Å². The van der Waals surface area contributed by atoms with E-state index in [0.29, 0.717) is 50.7 Å². The minimum atomic E-state index is -0.601. The molecule has 0 aliphatic carbocycles. The zero-order chi connectivity index (χ0) is 23.8. The van der Waals surface area contributed by atoms with Crippen molar-refractivity contribution in [1.82, 2.24) is 9.80 Å². The van der Waals surface area contributed by atoms with Crippen LogP contribution >= 0.6 is 0 Å². The van der Waals surface area contributed by atoms with Crippen LogP contribution in [0.2, 0.25) is 0 Å². The Morgan fingerprint density at radius 1 is 1.00 bits per heavy atom. The van der Waals surface area contributed by atoms with E-state index in [1.54, 1.807) is 29.2 Å². The maximum absolute atomic E-state index is 12.9. The van der Waals surface area contributed by atoms with E-state index in [4.69, 9.17) is 14.2 Å². The molecule has 2 aromatic carbocycles. The highest BCUT2D eigenvalue weighted by atomic mass is 16.6. The van der Waals surface area contributed by atoms with Gasteiger partial charge in [-0.15, -0.1) is 0 Å². The monoisotopic (exact) mass is 467 g/mol. The normalized spacial score (nSPS) is 17.8. The number of ether oxygens (including phenoxy) is 3. The summed E-state index contributed by atoms with van der Waals surface area (Å²) in [5.74, 6) is 0.0917. The summed E-state index contributed by atoms with van der Waals surface area (Å²) in [6.45, 7) is 2.73. The Bertz CT molecular complexity index is 993. The van der Waals surface area contributed by atoms with Crippen molar-refractivity contribution in [3.8, 4) is 5.75 Å². The Labute approximate surface area is 198 Å². The van der Waals surface area contributed by atoms with Crippen molar-refractivity contribution in [2.75, 3.05) is 44.8 Å². The third-order valence-electron chi connectivity index (χ3n) is 5.82. The van der Waals surface area contributed by atoms with Crippen molar-refractivity contribution in [1.29, 1.82) is 0 Å². The predicted octanol–water partition coefficient (Wildman–Crippen LogP) is 2.66. The minimum absolute atomic E-state index is 0.0823. The van der Waals surface area contributed by atoms with Gasteiger partial charge in [-0.25, -0.2) is 4.79 Å². The second-order valence-electron chi connectivity index (χ2n) is 8.19. The van der Waals surface area contributed by atoms with Crippen molar-refractivity contribution in [3.05, 3.63) is 60.2 Å². The van der Waals surface area contributed by atoms with Crippen molar-refractivity contribution < 1.29 is 28.6 Å². The van der Waals surface area contributed by atoms with Gasteiger partial charge in [0, 0.05) is 31.4 Å². The molecule has 0 spiro atoms. The van der Waals surface area contributed by atoms with E-state index in [9.17, 15) is 14.4 Å². The van der Waals surface area contributed by atoms with Crippen molar-refractivity contribution in [3.63, 3.8) is 0 Å². The fraction of sp³-hybridized carbons (Fsp3) is 0.400. The van der Waals surface area contributed by atoms with Crippen molar-refractivity contribution in [2.45, 2.75) is 25.5 Å². The zero-order valence-electron chi connectivity index (χ0n) is 19.0. The summed E-state index contributed by atoms with van der Waals surface area (Å²) in [7, 11) is 0. The summed E-state index contributed by atoms with van der Waals surface area (Å²) < 4.78 is 16.3. The first-order chi connectivity index (χ1) is 16.6. The number of likely N-dealkylation sites (tertiary alicyclic amines) is 1. The lowest BCUT2D eigenvalue weighted by Crippen LogP contribution is -2.43. The highest BCUT2D eigenvalue weighted by Gasteiger charge is 2.35. The molecule has 2 heterocycles.